The predicted octanol–water partition coefficient (Wildman–Crippen LogP) is 11.2. The molecule has 0 N–H and O–H groups in total. The summed E-state index contributed by atoms with van der Waals surface area (Å²) >= 11 is 0. The monoisotopic (exact) mass is 557 g/mol. The Morgan fingerprint density at radius 3 is 2.12 bits per heavy atom. The topological polar surface area (TPSA) is 38.1 Å². The van der Waals surface area contributed by atoms with Gasteiger partial charge in [-0.15, -0.1) is 0 Å². The van der Waals surface area contributed by atoms with Crippen LogP contribution in [0.3, 0.4) is 0 Å². The highest BCUT2D eigenvalue weighted by Crippen LogP contribution is 2.39. The van der Waals surface area contributed by atoms with Crippen LogP contribution >= 0.6 is 0 Å². The van der Waals surface area contributed by atoms with Gasteiger partial charge in [-0.05, 0) is 67.6 Å². The fraction of sp³-hybridized carbons (Fsp3) is 0.0750. The molecule has 0 unspecified atom stereocenters. The summed E-state index contributed by atoms with van der Waals surface area (Å²) in [5.74, 6) is 0.671. The summed E-state index contributed by atoms with van der Waals surface area (Å²) < 4.78 is 0. The molecule has 0 atom stereocenters. The average molecular weight is 558 g/mol. The number of rotatable bonds is 9. The number of benzene rings is 4. The lowest BCUT2D eigenvalue weighted by Gasteiger charge is -2.14. The van der Waals surface area contributed by atoms with Gasteiger partial charge in [0.2, 0.25) is 0 Å². The highest BCUT2D eigenvalue weighted by Gasteiger charge is 2.15. The molecule has 1 aromatic heterocycles. The molecule has 0 amide bonds. The van der Waals surface area contributed by atoms with E-state index < -0.39 is 0 Å². The van der Waals surface area contributed by atoms with Crippen molar-refractivity contribution >= 4 is 41.4 Å². The van der Waals surface area contributed by atoms with Gasteiger partial charge in [0.25, 0.3) is 0 Å². The van der Waals surface area contributed by atoms with Crippen LogP contribution in [0.1, 0.15) is 37.6 Å². The summed E-state index contributed by atoms with van der Waals surface area (Å²) in [5.41, 5.74) is 9.84. The van der Waals surface area contributed by atoms with Crippen molar-refractivity contribution in [1.29, 1.82) is 0 Å². The molecule has 5 rings (SSSR count). The molecule has 0 spiro atoms. The Morgan fingerprint density at radius 1 is 0.744 bits per heavy atom. The van der Waals surface area contributed by atoms with Gasteiger partial charge in [0.15, 0.2) is 5.82 Å². The third-order valence-electron chi connectivity index (χ3n) is 7.27. The summed E-state index contributed by atoms with van der Waals surface area (Å²) in [5, 5.41) is 2.30. The van der Waals surface area contributed by atoms with E-state index in [1.54, 1.807) is 0 Å². The van der Waals surface area contributed by atoms with Crippen molar-refractivity contribution in [3.63, 3.8) is 0 Å². The number of hydrogen-bond donors (Lipinski definition) is 0. The quantitative estimate of drug-likeness (QED) is 0.133. The van der Waals surface area contributed by atoms with E-state index in [4.69, 9.17) is 9.97 Å². The van der Waals surface area contributed by atoms with Crippen LogP contribution in [0.15, 0.2) is 132 Å². The van der Waals surface area contributed by atoms with Crippen molar-refractivity contribution in [2.24, 2.45) is 4.99 Å². The molecule has 0 saturated heterocycles. The predicted molar refractivity (Wildman–Crippen MR) is 187 cm³/mol. The normalized spacial score (nSPS) is 12.1. The molecule has 0 bridgehead atoms. The van der Waals surface area contributed by atoms with Gasteiger partial charge in [-0.2, -0.15) is 0 Å². The third kappa shape index (κ3) is 6.27. The first-order valence-electron chi connectivity index (χ1n) is 14.4. The number of aromatic nitrogens is 2. The van der Waals surface area contributed by atoms with E-state index in [-0.39, 0.29) is 0 Å². The maximum Gasteiger partial charge on any atom is 0.160 e. The summed E-state index contributed by atoms with van der Waals surface area (Å²) in [6.07, 6.45) is 16.2. The molecule has 1 heterocycles. The first kappa shape index (κ1) is 29.1. The van der Waals surface area contributed by atoms with Gasteiger partial charge in [0.1, 0.15) is 0 Å². The van der Waals surface area contributed by atoms with Gasteiger partial charge in [-0.25, -0.2) is 9.97 Å². The molecule has 0 radical (unpaired) electrons. The molecule has 0 saturated carbocycles. The minimum atomic E-state index is 0.671. The van der Waals surface area contributed by atoms with Crippen molar-refractivity contribution < 1.29 is 0 Å². The Labute approximate surface area is 254 Å². The first-order valence-corrected chi connectivity index (χ1v) is 14.4. The Bertz CT molecular complexity index is 1900. The average Bonchev–Trinajstić information content (AvgIpc) is 3.05. The molecule has 0 aliphatic rings. The molecule has 5 aromatic rings. The third-order valence-corrected chi connectivity index (χ3v) is 7.27. The lowest BCUT2D eigenvalue weighted by Crippen LogP contribution is -2.00. The second-order valence-electron chi connectivity index (χ2n) is 10.2. The van der Waals surface area contributed by atoms with Gasteiger partial charge in [-0.1, -0.05) is 127 Å². The van der Waals surface area contributed by atoms with Crippen molar-refractivity contribution in [3.8, 4) is 33.8 Å². The Balaban J connectivity index is 1.61. The number of nitrogens with zero attached hydrogens (tertiary/aromatic N) is 3. The van der Waals surface area contributed by atoms with Gasteiger partial charge < -0.3 is 0 Å². The van der Waals surface area contributed by atoms with Crippen molar-refractivity contribution in [2.75, 3.05) is 0 Å². The summed E-state index contributed by atoms with van der Waals surface area (Å²) in [6, 6.07) is 29.2. The molecule has 3 nitrogen and oxygen atoms in total. The zero-order chi connectivity index (χ0) is 30.2. The minimum absolute atomic E-state index is 0.671. The van der Waals surface area contributed by atoms with Crippen LogP contribution in [-0.2, 0) is 0 Å². The summed E-state index contributed by atoms with van der Waals surface area (Å²) in [4.78, 5) is 14.4. The van der Waals surface area contributed by atoms with Crippen molar-refractivity contribution in [1.82, 2.24) is 9.97 Å². The number of allylic oxidation sites excluding steroid dienone is 6. The largest absolute Gasteiger partial charge is 0.264 e. The summed E-state index contributed by atoms with van der Waals surface area (Å²) in [7, 11) is 0. The van der Waals surface area contributed by atoms with Gasteiger partial charge in [0, 0.05) is 22.3 Å². The highest BCUT2D eigenvalue weighted by molar-refractivity contribution is 6.05. The molecule has 3 heteroatoms. The fourth-order valence-electron chi connectivity index (χ4n) is 5.22. The molecule has 210 valence electrons. The molecule has 0 fully saturated rings. The zero-order valence-corrected chi connectivity index (χ0v) is 25.0. The second-order valence-corrected chi connectivity index (χ2v) is 10.2. The Hall–Kier alpha value is -5.41. The van der Waals surface area contributed by atoms with Crippen LogP contribution in [0.25, 0.3) is 62.8 Å². The number of aliphatic imine (C=N–C) groups is 1. The Kier molecular flexibility index (Phi) is 9.14. The minimum Gasteiger partial charge on any atom is -0.264 e. The van der Waals surface area contributed by atoms with Gasteiger partial charge >= 0.3 is 0 Å². The van der Waals surface area contributed by atoms with Crippen LogP contribution in [0.4, 0.5) is 5.69 Å². The van der Waals surface area contributed by atoms with E-state index in [9.17, 15) is 0 Å². The lowest BCUT2D eigenvalue weighted by molar-refractivity contribution is 1.15. The van der Waals surface area contributed by atoms with Gasteiger partial charge in [-0.3, -0.25) is 4.99 Å². The maximum absolute atomic E-state index is 5.02. The lowest BCUT2D eigenvalue weighted by atomic mass is 9.92. The molecule has 43 heavy (non-hydrogen) atoms. The van der Waals surface area contributed by atoms with E-state index in [0.717, 1.165) is 66.8 Å². The van der Waals surface area contributed by atoms with Crippen LogP contribution in [-0.4, -0.2) is 16.7 Å². The highest BCUT2D eigenvalue weighted by atomic mass is 14.9. The van der Waals surface area contributed by atoms with Crippen LogP contribution in [0.5, 0.6) is 0 Å². The fourth-order valence-corrected chi connectivity index (χ4v) is 5.22. The van der Waals surface area contributed by atoms with E-state index in [1.807, 2.05) is 68.5 Å². The number of hydrogen-bond acceptors (Lipinski definition) is 3. The maximum atomic E-state index is 5.02. The van der Waals surface area contributed by atoms with Crippen molar-refractivity contribution in [3.05, 3.63) is 144 Å². The molecule has 0 aliphatic carbocycles. The van der Waals surface area contributed by atoms with Crippen LogP contribution < -0.4 is 0 Å². The van der Waals surface area contributed by atoms with Gasteiger partial charge in [0.05, 0.1) is 17.1 Å². The second kappa shape index (κ2) is 13.5. The summed E-state index contributed by atoms with van der Waals surface area (Å²) in [6.45, 7) is 14.1. The smallest absolute Gasteiger partial charge is 0.160 e. The molecule has 0 aliphatic heterocycles. The van der Waals surface area contributed by atoms with E-state index >= 15 is 0 Å². The molecular formula is C40H35N3. The van der Waals surface area contributed by atoms with Crippen LogP contribution in [0.2, 0.25) is 0 Å². The molecule has 4 aromatic carbocycles. The Morgan fingerprint density at radius 2 is 1.44 bits per heavy atom. The zero-order valence-electron chi connectivity index (χ0n) is 25.0. The standard InChI is InChI=1S/C40H35N3/c1-6-9-11-17-28(4)26-36-34-21-15-14-20-33(34)35(27-38(36)41-5)29-22-24-31(25-23-29)40-42-37(16-7-2)32(8-3)39(43-40)30-18-12-10-13-19-30/h6-27H,3,5H2,1-2,4H3/b9-6-,16-7-,17-11-,28-26+. The van der Waals surface area contributed by atoms with E-state index in [0.29, 0.717) is 5.82 Å². The van der Waals surface area contributed by atoms with E-state index in [1.165, 1.54) is 0 Å². The van der Waals surface area contributed by atoms with E-state index in [2.05, 4.69) is 104 Å². The number of fused-ring (bicyclic) bond motifs is 1. The molecular weight excluding hydrogens is 522 g/mol. The first-order chi connectivity index (χ1) is 21.1. The van der Waals surface area contributed by atoms with Crippen LogP contribution in [0, 0.1) is 0 Å². The SMILES string of the molecule is C=Cc1c(/C=C\C)nc(-c2ccc(-c3cc(N=C)c(/C=C(C)/C=C\C=C/C)c4ccccc34)cc2)nc1-c1ccccc1. The van der Waals surface area contributed by atoms with Crippen molar-refractivity contribution in [2.45, 2.75) is 20.8 Å².